The second kappa shape index (κ2) is 7.38. The van der Waals surface area contributed by atoms with Gasteiger partial charge in [0.1, 0.15) is 5.75 Å². The summed E-state index contributed by atoms with van der Waals surface area (Å²) in [6.45, 7) is 2.61. The molecule has 0 aliphatic rings. The molecule has 0 fully saturated rings. The molecule has 0 aliphatic carbocycles. The highest BCUT2D eigenvalue weighted by molar-refractivity contribution is 7.16. The summed E-state index contributed by atoms with van der Waals surface area (Å²) in [5, 5.41) is 9.41. The van der Waals surface area contributed by atoms with Crippen molar-refractivity contribution in [2.45, 2.75) is 6.92 Å². The summed E-state index contributed by atoms with van der Waals surface area (Å²) in [6.07, 6.45) is 1.60. The Morgan fingerprint density at radius 2 is 2.08 bits per heavy atom. The normalized spacial score (nSPS) is 12.4. The molecular formula is C17H15Cl2N3OS. The molecule has 7 heteroatoms. The minimum absolute atomic E-state index is 0.472. The summed E-state index contributed by atoms with van der Waals surface area (Å²) in [4.78, 5) is 0.785. The van der Waals surface area contributed by atoms with Gasteiger partial charge in [0.25, 0.3) is 0 Å². The smallest absolute Gasteiger partial charge is 0.211 e. The minimum Gasteiger partial charge on any atom is -0.494 e. The molecule has 124 valence electrons. The molecule has 0 saturated heterocycles. The van der Waals surface area contributed by atoms with E-state index in [2.05, 4.69) is 10.2 Å². The van der Waals surface area contributed by atoms with E-state index in [9.17, 15) is 0 Å². The molecule has 4 nitrogen and oxygen atoms in total. The maximum absolute atomic E-state index is 6.14. The Morgan fingerprint density at radius 1 is 1.25 bits per heavy atom. The van der Waals surface area contributed by atoms with E-state index in [-0.39, 0.29) is 0 Å². The first kappa shape index (κ1) is 17.0. The van der Waals surface area contributed by atoms with Crippen molar-refractivity contribution in [3.05, 3.63) is 56.8 Å². The number of aromatic nitrogens is 1. The van der Waals surface area contributed by atoms with Crippen molar-refractivity contribution in [1.82, 2.24) is 4.57 Å². The summed E-state index contributed by atoms with van der Waals surface area (Å²) in [5.74, 6) is 0.854. The van der Waals surface area contributed by atoms with Gasteiger partial charge >= 0.3 is 0 Å². The van der Waals surface area contributed by atoms with Gasteiger partial charge in [-0.05, 0) is 31.2 Å². The van der Waals surface area contributed by atoms with Crippen molar-refractivity contribution in [1.29, 1.82) is 0 Å². The molecule has 1 heterocycles. The quantitative estimate of drug-likeness (QED) is 0.470. The van der Waals surface area contributed by atoms with Crippen LogP contribution in [0, 0.1) is 0 Å². The predicted octanol–water partition coefficient (Wildman–Crippen LogP) is 4.88. The fraction of sp³-hybridized carbons (Fsp3) is 0.176. The first-order valence-corrected chi connectivity index (χ1v) is 8.91. The van der Waals surface area contributed by atoms with Gasteiger partial charge in [-0.15, -0.1) is 5.10 Å². The highest BCUT2D eigenvalue weighted by atomic mass is 35.5. The third kappa shape index (κ3) is 3.48. The lowest BCUT2D eigenvalue weighted by Crippen LogP contribution is -2.08. The molecule has 3 rings (SSSR count). The number of nitrogens with zero attached hydrogens (tertiary/aromatic N) is 3. The van der Waals surface area contributed by atoms with E-state index in [0.717, 1.165) is 26.3 Å². The van der Waals surface area contributed by atoms with Crippen molar-refractivity contribution in [2.75, 3.05) is 6.61 Å². The van der Waals surface area contributed by atoms with E-state index in [1.165, 1.54) is 0 Å². The highest BCUT2D eigenvalue weighted by Gasteiger charge is 2.05. The number of hydrogen-bond acceptors (Lipinski definition) is 4. The lowest BCUT2D eigenvalue weighted by molar-refractivity contribution is 0.341. The number of ether oxygens (including phenoxy) is 1. The maximum atomic E-state index is 6.14. The Kier molecular flexibility index (Phi) is 5.23. The molecule has 0 bridgehead atoms. The zero-order valence-corrected chi connectivity index (χ0v) is 15.5. The van der Waals surface area contributed by atoms with E-state index in [4.69, 9.17) is 27.9 Å². The molecule has 24 heavy (non-hydrogen) atoms. The third-order valence-electron chi connectivity index (χ3n) is 3.41. The molecule has 0 spiro atoms. The number of halogens is 2. The fourth-order valence-electron chi connectivity index (χ4n) is 2.23. The molecule has 0 N–H and O–H groups in total. The average Bonchev–Trinajstić information content (AvgIpc) is 2.88. The number of benzene rings is 2. The molecular weight excluding hydrogens is 365 g/mol. The number of fused-ring (bicyclic) bond motifs is 1. The highest BCUT2D eigenvalue weighted by Crippen LogP contribution is 2.24. The summed E-state index contributed by atoms with van der Waals surface area (Å²) >= 11 is 13.7. The summed E-state index contributed by atoms with van der Waals surface area (Å²) in [6, 6.07) is 11.4. The molecule has 2 aromatic carbocycles. The van der Waals surface area contributed by atoms with Gasteiger partial charge in [-0.2, -0.15) is 5.10 Å². The van der Waals surface area contributed by atoms with Gasteiger partial charge in [-0.3, -0.25) is 0 Å². The summed E-state index contributed by atoms with van der Waals surface area (Å²) < 4.78 is 8.62. The second-order valence-electron chi connectivity index (χ2n) is 4.99. The summed E-state index contributed by atoms with van der Waals surface area (Å²) in [7, 11) is 1.96. The van der Waals surface area contributed by atoms with Gasteiger partial charge in [0.05, 0.1) is 33.1 Å². The monoisotopic (exact) mass is 379 g/mol. The lowest BCUT2D eigenvalue weighted by Gasteiger charge is -2.02. The molecule has 0 aliphatic heterocycles. The predicted molar refractivity (Wildman–Crippen MR) is 102 cm³/mol. The van der Waals surface area contributed by atoms with Crippen molar-refractivity contribution in [3.63, 3.8) is 0 Å². The first-order valence-electron chi connectivity index (χ1n) is 7.33. The topological polar surface area (TPSA) is 38.9 Å². The Labute approximate surface area is 153 Å². The zero-order valence-electron chi connectivity index (χ0n) is 13.2. The Bertz CT molecular complexity index is 976. The lowest BCUT2D eigenvalue weighted by atomic mass is 10.2. The van der Waals surface area contributed by atoms with Gasteiger partial charge in [-0.25, -0.2) is 0 Å². The van der Waals surface area contributed by atoms with Crippen LogP contribution in [-0.2, 0) is 7.05 Å². The van der Waals surface area contributed by atoms with Crippen molar-refractivity contribution < 1.29 is 4.74 Å². The van der Waals surface area contributed by atoms with Crippen LogP contribution in [0.5, 0.6) is 5.75 Å². The molecule has 0 radical (unpaired) electrons. The van der Waals surface area contributed by atoms with E-state index in [1.807, 2.05) is 48.9 Å². The van der Waals surface area contributed by atoms with Gasteiger partial charge < -0.3 is 9.30 Å². The van der Waals surface area contributed by atoms with Crippen LogP contribution in [0.4, 0.5) is 0 Å². The van der Waals surface area contributed by atoms with Crippen molar-refractivity contribution in [2.24, 2.45) is 17.3 Å². The Balaban J connectivity index is 1.96. The van der Waals surface area contributed by atoms with Gasteiger partial charge in [0.15, 0.2) is 0 Å². The molecule has 0 amide bonds. The van der Waals surface area contributed by atoms with E-state index in [0.29, 0.717) is 16.7 Å². The summed E-state index contributed by atoms with van der Waals surface area (Å²) in [5.41, 5.74) is 1.81. The van der Waals surface area contributed by atoms with E-state index in [1.54, 1.807) is 23.6 Å². The van der Waals surface area contributed by atoms with Crippen LogP contribution in [0.1, 0.15) is 12.5 Å². The van der Waals surface area contributed by atoms with Crippen LogP contribution in [0.3, 0.4) is 0 Å². The SMILES string of the molecule is CCOc1ccc2c(c1)s/c(=N\N=C\c1cccc(Cl)c1Cl)n2C. The molecule has 0 atom stereocenters. The third-order valence-corrected chi connectivity index (χ3v) is 5.33. The van der Waals surface area contributed by atoms with Crippen LogP contribution in [0.25, 0.3) is 10.2 Å². The molecule has 0 unspecified atom stereocenters. The van der Waals surface area contributed by atoms with Crippen molar-refractivity contribution >= 4 is 51.0 Å². The van der Waals surface area contributed by atoms with Gasteiger partial charge in [0, 0.05) is 12.6 Å². The van der Waals surface area contributed by atoms with Crippen LogP contribution < -0.4 is 9.54 Å². The Hall–Kier alpha value is -1.82. The van der Waals surface area contributed by atoms with Crippen molar-refractivity contribution in [3.8, 4) is 5.75 Å². The van der Waals surface area contributed by atoms with Gasteiger partial charge in [0.2, 0.25) is 4.80 Å². The molecule has 1 aromatic heterocycles. The number of rotatable bonds is 4. The molecule has 0 saturated carbocycles. The minimum atomic E-state index is 0.472. The van der Waals surface area contributed by atoms with Gasteiger partial charge in [-0.1, -0.05) is 46.7 Å². The first-order chi connectivity index (χ1) is 11.6. The number of hydrogen-bond donors (Lipinski definition) is 0. The zero-order chi connectivity index (χ0) is 17.1. The van der Waals surface area contributed by atoms with Crippen LogP contribution >= 0.6 is 34.5 Å². The molecule has 3 aromatic rings. The standard InChI is InChI=1S/C17H15Cl2N3OS/c1-3-23-12-7-8-14-15(9-12)24-17(22(14)2)21-20-10-11-5-4-6-13(18)16(11)19/h4-10H,3H2,1-2H3/b20-10+,21-17-. The number of aryl methyl sites for hydroxylation is 1. The van der Waals surface area contributed by atoms with Crippen LogP contribution in [0.2, 0.25) is 10.0 Å². The van der Waals surface area contributed by atoms with E-state index >= 15 is 0 Å². The van der Waals surface area contributed by atoms with Crippen LogP contribution in [-0.4, -0.2) is 17.4 Å². The number of thiazole rings is 1. The largest absolute Gasteiger partial charge is 0.494 e. The van der Waals surface area contributed by atoms with Crippen LogP contribution in [0.15, 0.2) is 46.6 Å². The maximum Gasteiger partial charge on any atom is 0.211 e. The average molecular weight is 380 g/mol. The second-order valence-corrected chi connectivity index (χ2v) is 6.79. The van der Waals surface area contributed by atoms with E-state index < -0.39 is 0 Å². The Morgan fingerprint density at radius 3 is 2.88 bits per heavy atom. The fourth-order valence-corrected chi connectivity index (χ4v) is 3.59.